The van der Waals surface area contributed by atoms with E-state index in [1.165, 1.54) is 12.8 Å². The molecule has 0 radical (unpaired) electrons. The maximum atomic E-state index is 12.1. The first-order chi connectivity index (χ1) is 8.66. The van der Waals surface area contributed by atoms with Gasteiger partial charge in [0.1, 0.15) is 0 Å². The second-order valence-corrected chi connectivity index (χ2v) is 5.91. The number of carbonyl (C=O) groups is 1. The van der Waals surface area contributed by atoms with E-state index in [9.17, 15) is 4.79 Å². The van der Waals surface area contributed by atoms with Crippen LogP contribution >= 0.6 is 0 Å². The topological polar surface area (TPSA) is 35.6 Å². The van der Waals surface area contributed by atoms with Gasteiger partial charge in [0.15, 0.2) is 0 Å². The summed E-state index contributed by atoms with van der Waals surface area (Å²) in [6, 6.07) is 0.650. The quantitative estimate of drug-likeness (QED) is 0.813. The fraction of sp³-hybridized carbons (Fsp3) is 0.929. The Morgan fingerprint density at radius 2 is 1.94 bits per heavy atom. The van der Waals surface area contributed by atoms with Crippen molar-refractivity contribution in [3.63, 3.8) is 0 Å². The van der Waals surface area contributed by atoms with Crippen molar-refractivity contribution >= 4 is 5.91 Å². The molecule has 4 nitrogen and oxygen atoms in total. The first kappa shape index (κ1) is 13.8. The molecule has 0 saturated carbocycles. The van der Waals surface area contributed by atoms with Crippen LogP contribution < -0.4 is 5.32 Å². The average Bonchev–Trinajstić information content (AvgIpc) is 2.40. The van der Waals surface area contributed by atoms with Crippen LogP contribution in [0.15, 0.2) is 0 Å². The summed E-state index contributed by atoms with van der Waals surface area (Å²) in [4.78, 5) is 16.6. The van der Waals surface area contributed by atoms with Crippen molar-refractivity contribution in [2.24, 2.45) is 5.92 Å². The summed E-state index contributed by atoms with van der Waals surface area (Å²) in [5.41, 5.74) is 0. The Bertz CT molecular complexity index is 276. The van der Waals surface area contributed by atoms with Crippen LogP contribution in [-0.4, -0.2) is 61.0 Å². The average molecular weight is 253 g/mol. The van der Waals surface area contributed by atoms with Crippen LogP contribution in [0.2, 0.25) is 0 Å². The van der Waals surface area contributed by atoms with E-state index in [0.717, 1.165) is 45.2 Å². The minimum absolute atomic E-state index is 0.335. The van der Waals surface area contributed by atoms with E-state index in [4.69, 9.17) is 0 Å². The highest BCUT2D eigenvalue weighted by Gasteiger charge is 2.24. The van der Waals surface area contributed by atoms with Crippen LogP contribution in [0.3, 0.4) is 0 Å². The fourth-order valence-corrected chi connectivity index (χ4v) is 3.00. The maximum absolute atomic E-state index is 12.1. The maximum Gasteiger partial charge on any atom is 0.223 e. The van der Waals surface area contributed by atoms with Crippen LogP contribution in [0.4, 0.5) is 0 Å². The molecule has 4 heteroatoms. The lowest BCUT2D eigenvalue weighted by Crippen LogP contribution is -2.48. The zero-order chi connectivity index (χ0) is 13.0. The molecular formula is C14H27N3O. The zero-order valence-electron chi connectivity index (χ0n) is 11.8. The minimum Gasteiger partial charge on any atom is -0.340 e. The van der Waals surface area contributed by atoms with E-state index in [2.05, 4.69) is 24.1 Å². The van der Waals surface area contributed by atoms with Gasteiger partial charge in [-0.15, -0.1) is 0 Å². The zero-order valence-corrected chi connectivity index (χ0v) is 11.8. The molecule has 2 saturated heterocycles. The molecular weight excluding hydrogens is 226 g/mol. The molecule has 18 heavy (non-hydrogen) atoms. The summed E-state index contributed by atoms with van der Waals surface area (Å²) in [5.74, 6) is 1.12. The summed E-state index contributed by atoms with van der Waals surface area (Å²) >= 11 is 0. The Morgan fingerprint density at radius 1 is 1.22 bits per heavy atom. The third kappa shape index (κ3) is 3.69. The number of likely N-dealkylation sites (tertiary alicyclic amines) is 1. The van der Waals surface area contributed by atoms with Crippen molar-refractivity contribution in [3.05, 3.63) is 0 Å². The van der Waals surface area contributed by atoms with Gasteiger partial charge in [0, 0.05) is 51.7 Å². The van der Waals surface area contributed by atoms with Gasteiger partial charge in [0.2, 0.25) is 5.91 Å². The summed E-state index contributed by atoms with van der Waals surface area (Å²) in [6.07, 6.45) is 3.31. The highest BCUT2D eigenvalue weighted by Crippen LogP contribution is 2.21. The molecule has 2 aliphatic rings. The number of hydrogen-bond acceptors (Lipinski definition) is 3. The molecule has 2 heterocycles. The fourth-order valence-electron chi connectivity index (χ4n) is 3.00. The minimum atomic E-state index is 0.335. The van der Waals surface area contributed by atoms with Crippen molar-refractivity contribution in [2.45, 2.75) is 39.2 Å². The standard InChI is InChI=1S/C14H27N3O/c1-12-3-4-13(2)17(11-12)8-5-14(18)16-9-6-15-7-10-16/h12-13,15H,3-11H2,1-2H3. The predicted molar refractivity (Wildman–Crippen MR) is 73.5 cm³/mol. The lowest BCUT2D eigenvalue weighted by molar-refractivity contribution is -0.132. The largest absolute Gasteiger partial charge is 0.340 e. The lowest BCUT2D eigenvalue weighted by atomic mass is 9.95. The van der Waals surface area contributed by atoms with E-state index in [0.29, 0.717) is 18.4 Å². The second kappa shape index (κ2) is 6.53. The van der Waals surface area contributed by atoms with Crippen molar-refractivity contribution in [2.75, 3.05) is 39.3 Å². The lowest BCUT2D eigenvalue weighted by Gasteiger charge is -2.37. The molecule has 2 rings (SSSR count). The van der Waals surface area contributed by atoms with Gasteiger partial charge in [-0.2, -0.15) is 0 Å². The molecule has 0 aromatic carbocycles. The molecule has 2 fully saturated rings. The normalized spacial score (nSPS) is 30.4. The molecule has 1 N–H and O–H groups in total. The first-order valence-electron chi connectivity index (χ1n) is 7.39. The van der Waals surface area contributed by atoms with E-state index in [1.54, 1.807) is 0 Å². The van der Waals surface area contributed by atoms with Gasteiger partial charge in [0.25, 0.3) is 0 Å². The number of amides is 1. The number of carbonyl (C=O) groups excluding carboxylic acids is 1. The van der Waals surface area contributed by atoms with Crippen LogP contribution in [0.25, 0.3) is 0 Å². The molecule has 2 unspecified atom stereocenters. The van der Waals surface area contributed by atoms with E-state index in [1.807, 2.05) is 4.90 Å². The molecule has 0 bridgehead atoms. The molecule has 104 valence electrons. The summed E-state index contributed by atoms with van der Waals surface area (Å²) in [7, 11) is 0. The molecule has 1 amide bonds. The smallest absolute Gasteiger partial charge is 0.223 e. The molecule has 0 aromatic rings. The van der Waals surface area contributed by atoms with Crippen LogP contribution in [-0.2, 0) is 4.79 Å². The van der Waals surface area contributed by atoms with Crippen molar-refractivity contribution in [1.29, 1.82) is 0 Å². The number of hydrogen-bond donors (Lipinski definition) is 1. The second-order valence-electron chi connectivity index (χ2n) is 5.91. The number of piperidine rings is 1. The highest BCUT2D eigenvalue weighted by molar-refractivity contribution is 5.76. The van der Waals surface area contributed by atoms with Gasteiger partial charge in [-0.25, -0.2) is 0 Å². The van der Waals surface area contributed by atoms with E-state index in [-0.39, 0.29) is 0 Å². The predicted octanol–water partition coefficient (Wildman–Crippen LogP) is 0.929. The van der Waals surface area contributed by atoms with Crippen LogP contribution in [0.1, 0.15) is 33.1 Å². The number of nitrogens with zero attached hydrogens (tertiary/aromatic N) is 2. The van der Waals surface area contributed by atoms with E-state index < -0.39 is 0 Å². The molecule has 0 aliphatic carbocycles. The van der Waals surface area contributed by atoms with Gasteiger partial charge in [0.05, 0.1) is 0 Å². The van der Waals surface area contributed by atoms with Gasteiger partial charge < -0.3 is 10.2 Å². The third-order valence-electron chi connectivity index (χ3n) is 4.33. The first-order valence-corrected chi connectivity index (χ1v) is 7.39. The Labute approximate surface area is 111 Å². The van der Waals surface area contributed by atoms with Crippen molar-refractivity contribution in [3.8, 4) is 0 Å². The van der Waals surface area contributed by atoms with Crippen molar-refractivity contribution < 1.29 is 4.79 Å². The highest BCUT2D eigenvalue weighted by atomic mass is 16.2. The summed E-state index contributed by atoms with van der Waals surface area (Å²) < 4.78 is 0. The van der Waals surface area contributed by atoms with Gasteiger partial charge in [-0.1, -0.05) is 6.92 Å². The monoisotopic (exact) mass is 253 g/mol. The Kier molecular flexibility index (Phi) is 5.01. The van der Waals surface area contributed by atoms with Gasteiger partial charge in [-0.3, -0.25) is 9.69 Å². The third-order valence-corrected chi connectivity index (χ3v) is 4.33. The Balaban J connectivity index is 1.74. The Hall–Kier alpha value is -0.610. The number of piperazine rings is 1. The van der Waals surface area contributed by atoms with Crippen LogP contribution in [0.5, 0.6) is 0 Å². The Morgan fingerprint density at radius 3 is 2.67 bits per heavy atom. The summed E-state index contributed by atoms with van der Waals surface area (Å²) in [5, 5.41) is 3.28. The van der Waals surface area contributed by atoms with Crippen molar-refractivity contribution in [1.82, 2.24) is 15.1 Å². The summed E-state index contributed by atoms with van der Waals surface area (Å²) in [6.45, 7) is 10.4. The molecule has 2 aliphatic heterocycles. The molecule has 0 aromatic heterocycles. The van der Waals surface area contributed by atoms with Gasteiger partial charge >= 0.3 is 0 Å². The van der Waals surface area contributed by atoms with Crippen LogP contribution in [0, 0.1) is 5.92 Å². The molecule has 2 atom stereocenters. The number of rotatable bonds is 3. The van der Waals surface area contributed by atoms with Gasteiger partial charge in [-0.05, 0) is 25.7 Å². The van der Waals surface area contributed by atoms with E-state index >= 15 is 0 Å². The number of nitrogens with one attached hydrogen (secondary N) is 1. The SMILES string of the molecule is CC1CCC(C)N(CCC(=O)N2CCNCC2)C1. The molecule has 0 spiro atoms.